The molecule has 2 atom stereocenters. The van der Waals surface area contributed by atoms with E-state index in [4.69, 9.17) is 5.11 Å². The third-order valence-electron chi connectivity index (χ3n) is 2.24. The molecule has 0 aromatic rings. The number of rotatable bonds is 3. The average Bonchev–Trinajstić information content (AvgIpc) is 2.15. The first-order valence-electron chi connectivity index (χ1n) is 4.86. The minimum absolute atomic E-state index is 0.0631. The van der Waals surface area contributed by atoms with Gasteiger partial charge >= 0.3 is 0 Å². The molecular weight excluding hydrogens is 168 g/mol. The van der Waals surface area contributed by atoms with Crippen molar-refractivity contribution >= 4 is 5.91 Å². The molecule has 1 heterocycles. The van der Waals surface area contributed by atoms with E-state index in [1.165, 1.54) is 0 Å². The summed E-state index contributed by atoms with van der Waals surface area (Å²) < 4.78 is 0. The van der Waals surface area contributed by atoms with Gasteiger partial charge in [0.25, 0.3) is 0 Å². The maximum Gasteiger partial charge on any atom is 0.224 e. The van der Waals surface area contributed by atoms with Crippen LogP contribution in [0.25, 0.3) is 0 Å². The van der Waals surface area contributed by atoms with E-state index in [1.54, 1.807) is 6.92 Å². The highest BCUT2D eigenvalue weighted by Gasteiger charge is 2.20. The molecule has 76 valence electrons. The molecule has 4 nitrogen and oxygen atoms in total. The van der Waals surface area contributed by atoms with Crippen molar-refractivity contribution in [2.45, 2.75) is 25.9 Å². The Bertz CT molecular complexity index is 165. The molecular formula is C9H18N2O2. The van der Waals surface area contributed by atoms with Gasteiger partial charge in [0.2, 0.25) is 5.91 Å². The first kappa shape index (κ1) is 10.5. The molecule has 13 heavy (non-hydrogen) atoms. The van der Waals surface area contributed by atoms with Gasteiger partial charge in [-0.3, -0.25) is 4.79 Å². The molecule has 0 radical (unpaired) electrons. The second-order valence-corrected chi connectivity index (χ2v) is 3.64. The third kappa shape index (κ3) is 3.74. The molecule has 0 saturated carbocycles. The lowest BCUT2D eigenvalue weighted by Gasteiger charge is -2.22. The van der Waals surface area contributed by atoms with Crippen molar-refractivity contribution in [2.75, 3.05) is 19.6 Å². The zero-order chi connectivity index (χ0) is 9.68. The lowest BCUT2D eigenvalue weighted by molar-refractivity contribution is -0.125. The van der Waals surface area contributed by atoms with E-state index in [2.05, 4.69) is 10.6 Å². The van der Waals surface area contributed by atoms with Gasteiger partial charge < -0.3 is 15.7 Å². The van der Waals surface area contributed by atoms with Crippen LogP contribution in [0.3, 0.4) is 0 Å². The Labute approximate surface area is 78.7 Å². The van der Waals surface area contributed by atoms with Crippen molar-refractivity contribution in [1.82, 2.24) is 10.6 Å². The van der Waals surface area contributed by atoms with Crippen LogP contribution in [-0.4, -0.2) is 36.8 Å². The van der Waals surface area contributed by atoms with Gasteiger partial charge in [0, 0.05) is 13.1 Å². The van der Waals surface area contributed by atoms with E-state index >= 15 is 0 Å². The van der Waals surface area contributed by atoms with Gasteiger partial charge in [0.05, 0.1) is 12.0 Å². The molecule has 4 heteroatoms. The number of amides is 1. The second-order valence-electron chi connectivity index (χ2n) is 3.64. The minimum atomic E-state index is -0.458. The van der Waals surface area contributed by atoms with Gasteiger partial charge in [0.15, 0.2) is 0 Å². The van der Waals surface area contributed by atoms with E-state index in [-0.39, 0.29) is 11.8 Å². The molecule has 0 bridgehead atoms. The van der Waals surface area contributed by atoms with Crippen LogP contribution in [0.4, 0.5) is 0 Å². The summed E-state index contributed by atoms with van der Waals surface area (Å²) >= 11 is 0. The normalized spacial score (nSPS) is 25.2. The first-order valence-corrected chi connectivity index (χ1v) is 4.86. The molecule has 1 fully saturated rings. The van der Waals surface area contributed by atoms with Crippen molar-refractivity contribution in [2.24, 2.45) is 5.92 Å². The Morgan fingerprint density at radius 1 is 1.77 bits per heavy atom. The molecule has 2 unspecified atom stereocenters. The zero-order valence-electron chi connectivity index (χ0n) is 8.05. The van der Waals surface area contributed by atoms with Crippen LogP contribution in [0, 0.1) is 5.92 Å². The monoisotopic (exact) mass is 186 g/mol. The molecule has 3 N–H and O–H groups in total. The quantitative estimate of drug-likeness (QED) is 0.556. The van der Waals surface area contributed by atoms with Gasteiger partial charge in [-0.15, -0.1) is 0 Å². The number of nitrogens with one attached hydrogen (secondary N) is 2. The molecule has 1 aliphatic rings. The van der Waals surface area contributed by atoms with Crippen molar-refractivity contribution < 1.29 is 9.90 Å². The lowest BCUT2D eigenvalue weighted by atomic mass is 9.99. The Morgan fingerprint density at radius 2 is 2.54 bits per heavy atom. The molecule has 1 amide bonds. The number of piperidine rings is 1. The number of carbonyl (C=O) groups excluding carboxylic acids is 1. The van der Waals surface area contributed by atoms with Crippen LogP contribution in [0.15, 0.2) is 0 Å². The minimum Gasteiger partial charge on any atom is -0.392 e. The second kappa shape index (κ2) is 5.19. The molecule has 1 saturated heterocycles. The highest BCUT2D eigenvalue weighted by atomic mass is 16.3. The Kier molecular flexibility index (Phi) is 4.18. The molecule has 0 aromatic carbocycles. The summed E-state index contributed by atoms with van der Waals surface area (Å²) in [6.07, 6.45) is 1.56. The predicted octanol–water partition coefficient (Wildman–Crippen LogP) is -0.517. The van der Waals surface area contributed by atoms with E-state index in [1.807, 2.05) is 0 Å². The SMILES string of the molecule is CC(O)CNC(=O)C1CCCNC1. The zero-order valence-corrected chi connectivity index (χ0v) is 8.05. The van der Waals surface area contributed by atoms with E-state index in [0.717, 1.165) is 25.9 Å². The summed E-state index contributed by atoms with van der Waals surface area (Å²) in [6.45, 7) is 3.81. The molecule has 1 rings (SSSR count). The van der Waals surface area contributed by atoms with E-state index < -0.39 is 6.10 Å². The maximum atomic E-state index is 11.4. The van der Waals surface area contributed by atoms with Crippen molar-refractivity contribution in [3.8, 4) is 0 Å². The largest absolute Gasteiger partial charge is 0.392 e. The van der Waals surface area contributed by atoms with Crippen molar-refractivity contribution in [1.29, 1.82) is 0 Å². The molecule has 0 aromatic heterocycles. The van der Waals surface area contributed by atoms with Crippen LogP contribution in [0.5, 0.6) is 0 Å². The highest BCUT2D eigenvalue weighted by molar-refractivity contribution is 5.78. The van der Waals surface area contributed by atoms with Gasteiger partial charge in [-0.05, 0) is 26.3 Å². The van der Waals surface area contributed by atoms with Crippen LogP contribution in [0.1, 0.15) is 19.8 Å². The fourth-order valence-corrected chi connectivity index (χ4v) is 1.47. The van der Waals surface area contributed by atoms with E-state index in [9.17, 15) is 4.79 Å². The fraction of sp³-hybridized carbons (Fsp3) is 0.889. The van der Waals surface area contributed by atoms with Crippen LogP contribution >= 0.6 is 0 Å². The van der Waals surface area contributed by atoms with E-state index in [0.29, 0.717) is 6.54 Å². The van der Waals surface area contributed by atoms with Crippen molar-refractivity contribution in [3.63, 3.8) is 0 Å². The van der Waals surface area contributed by atoms with Gasteiger partial charge in [-0.25, -0.2) is 0 Å². The first-order chi connectivity index (χ1) is 6.20. The van der Waals surface area contributed by atoms with Gasteiger partial charge in [-0.1, -0.05) is 0 Å². The predicted molar refractivity (Wildman–Crippen MR) is 50.3 cm³/mol. The summed E-state index contributed by atoms with van der Waals surface area (Å²) in [6, 6.07) is 0. The molecule has 0 spiro atoms. The van der Waals surface area contributed by atoms with Crippen LogP contribution in [0.2, 0.25) is 0 Å². The van der Waals surface area contributed by atoms with Crippen LogP contribution < -0.4 is 10.6 Å². The summed E-state index contributed by atoms with van der Waals surface area (Å²) in [5, 5.41) is 14.9. The molecule has 0 aliphatic carbocycles. The van der Waals surface area contributed by atoms with Gasteiger partial charge in [0.1, 0.15) is 0 Å². The average molecular weight is 186 g/mol. The summed E-state index contributed by atoms with van der Waals surface area (Å²) in [5.74, 6) is 0.153. The summed E-state index contributed by atoms with van der Waals surface area (Å²) in [5.41, 5.74) is 0. The number of carbonyl (C=O) groups is 1. The fourth-order valence-electron chi connectivity index (χ4n) is 1.47. The number of hydrogen-bond acceptors (Lipinski definition) is 3. The summed E-state index contributed by atoms with van der Waals surface area (Å²) in [4.78, 5) is 11.4. The molecule has 1 aliphatic heterocycles. The number of hydrogen-bond donors (Lipinski definition) is 3. The van der Waals surface area contributed by atoms with Crippen LogP contribution in [-0.2, 0) is 4.79 Å². The highest BCUT2D eigenvalue weighted by Crippen LogP contribution is 2.09. The Balaban J connectivity index is 2.21. The Morgan fingerprint density at radius 3 is 3.08 bits per heavy atom. The smallest absolute Gasteiger partial charge is 0.224 e. The lowest BCUT2D eigenvalue weighted by Crippen LogP contribution is -2.42. The number of aliphatic hydroxyl groups excluding tert-OH is 1. The summed E-state index contributed by atoms with van der Waals surface area (Å²) in [7, 11) is 0. The Hall–Kier alpha value is -0.610. The number of aliphatic hydroxyl groups is 1. The standard InChI is InChI=1S/C9H18N2O2/c1-7(12)5-11-9(13)8-3-2-4-10-6-8/h7-8,10,12H,2-6H2,1H3,(H,11,13). The topological polar surface area (TPSA) is 61.4 Å². The maximum absolute atomic E-state index is 11.4. The third-order valence-corrected chi connectivity index (χ3v) is 2.24. The van der Waals surface area contributed by atoms with Crippen molar-refractivity contribution in [3.05, 3.63) is 0 Å². The van der Waals surface area contributed by atoms with Gasteiger partial charge in [-0.2, -0.15) is 0 Å².